The van der Waals surface area contributed by atoms with Crippen LogP contribution in [-0.2, 0) is 19.1 Å². The Kier molecular flexibility index (Phi) is 9.90. The number of carbonyl (C=O) groups is 2. The first-order chi connectivity index (χ1) is 6.79. The van der Waals surface area contributed by atoms with Gasteiger partial charge in [0.05, 0.1) is 27.7 Å². The molecule has 10 heteroatoms. The third-order valence-corrected chi connectivity index (χ3v) is 1.14. The Morgan fingerprint density at radius 1 is 1.00 bits per heavy atom. The molecule has 0 saturated carbocycles. The molecule has 16 heavy (non-hydrogen) atoms. The van der Waals surface area contributed by atoms with Gasteiger partial charge in [-0.05, 0) is 0 Å². The molecular weight excluding hydrogens is 242 g/mol. The monoisotopic (exact) mass is 252 g/mol. The van der Waals surface area contributed by atoms with Crippen LogP contribution in [0.2, 0.25) is 0 Å². The molecule has 1 N–H and O–H groups in total. The fraction of sp³-hybridized carbons (Fsp3) is 0.667. The van der Waals surface area contributed by atoms with Crippen LogP contribution in [0.1, 0.15) is 12.8 Å². The minimum Gasteiger partial charge on any atom is -0.183 e. The van der Waals surface area contributed by atoms with Crippen molar-refractivity contribution in [3.63, 3.8) is 0 Å². The predicted molar refractivity (Wildman–Crippen MR) is 40.5 cm³/mol. The summed E-state index contributed by atoms with van der Waals surface area (Å²) in [6.45, 7) is 0.370. The number of rotatable bonds is 0. The summed E-state index contributed by atoms with van der Waals surface area (Å²) < 4.78 is 42.0. The van der Waals surface area contributed by atoms with E-state index in [0.29, 0.717) is 0 Å². The first-order valence-corrected chi connectivity index (χ1v) is 5.00. The van der Waals surface area contributed by atoms with E-state index in [4.69, 9.17) is 18.6 Å². The van der Waals surface area contributed by atoms with Gasteiger partial charge in [0.15, 0.2) is 0 Å². The van der Waals surface area contributed by atoms with E-state index < -0.39 is 10.2 Å². The van der Waals surface area contributed by atoms with Crippen LogP contribution in [0.3, 0.4) is 0 Å². The van der Waals surface area contributed by atoms with Crippen molar-refractivity contribution in [1.82, 2.24) is 0 Å². The van der Waals surface area contributed by atoms with Gasteiger partial charge in [0.2, 0.25) is 0 Å². The number of cyclic esters (lactones) is 2. The van der Waals surface area contributed by atoms with Gasteiger partial charge in [-0.15, -0.1) is 0 Å². The van der Waals surface area contributed by atoms with Gasteiger partial charge in [-0.2, -0.15) is 14.0 Å². The average Bonchev–Trinajstić information content (AvgIpc) is 2.03. The predicted octanol–water partition coefficient (Wildman–Crippen LogP) is -4.91. The molecule has 0 spiro atoms. The summed E-state index contributed by atoms with van der Waals surface area (Å²) in [6.07, 6.45) is 0.275. The van der Waals surface area contributed by atoms with Gasteiger partial charge < -0.3 is 9.47 Å². The van der Waals surface area contributed by atoms with E-state index in [0.717, 1.165) is 0 Å². The topological polar surface area (TPSA) is 142 Å². The summed E-state index contributed by atoms with van der Waals surface area (Å²) in [4.78, 5) is 21.1. The van der Waals surface area contributed by atoms with Crippen molar-refractivity contribution >= 4 is 30.8 Å². The Hall–Kier alpha value is -0.333. The second-order valence-electron chi connectivity index (χ2n) is 2.34. The first-order valence-electron chi connectivity index (χ1n) is 3.73. The number of ether oxygens (including phenoxy) is 2. The largest absolute Gasteiger partial charge is 0.183 e. The van der Waals surface area contributed by atoms with E-state index in [-0.39, 0.29) is 56.9 Å². The van der Waals surface area contributed by atoms with Crippen molar-refractivity contribution in [2.24, 2.45) is 0 Å². The third kappa shape index (κ3) is 16.1. The zero-order valence-corrected chi connectivity index (χ0v) is 8.27. The van der Waals surface area contributed by atoms with Gasteiger partial charge in [-0.3, -0.25) is 9.59 Å². The van der Waals surface area contributed by atoms with Crippen LogP contribution < -0.4 is 14.0 Å². The van der Waals surface area contributed by atoms with E-state index in [1.54, 1.807) is 0 Å². The maximum atomic E-state index is 10.6. The molecule has 1 heterocycles. The summed E-state index contributed by atoms with van der Waals surface area (Å²) in [5, 5.41) is 0. The molecule has 0 bridgehead atoms. The van der Waals surface area contributed by atoms with Crippen LogP contribution in [0.15, 0.2) is 0 Å². The van der Waals surface area contributed by atoms with Gasteiger partial charge >= 0.3 is 30.8 Å². The molecule has 1 saturated heterocycles. The van der Waals surface area contributed by atoms with E-state index >= 15 is 0 Å². The second-order valence-corrected chi connectivity index (χ2v) is 3.13. The quantitative estimate of drug-likeness (QED) is 0.334. The number of carbonyl (C=O) groups excluding carboxylic acids is 2. The zero-order valence-electron chi connectivity index (χ0n) is 7.51. The molecule has 1 fully saturated rings. The SMILES string of the molecule is O=C1CCC(=O)OCCO1.[LiH].[O-][Cl+3]([O-])([O-])O. The van der Waals surface area contributed by atoms with E-state index in [2.05, 4.69) is 9.47 Å². The fourth-order valence-corrected chi connectivity index (χ4v) is 0.659. The van der Waals surface area contributed by atoms with Crippen molar-refractivity contribution in [1.29, 1.82) is 0 Å². The molecule has 0 aromatic rings. The fourth-order valence-electron chi connectivity index (χ4n) is 0.659. The average molecular weight is 253 g/mol. The smallest absolute Gasteiger partial charge is 0.0777 e. The molecule has 90 valence electrons. The Balaban J connectivity index is 0. The third-order valence-electron chi connectivity index (χ3n) is 1.14. The number of hydrogen-bond acceptors (Lipinski definition) is 8. The summed E-state index contributed by atoms with van der Waals surface area (Å²) in [5.74, 6) is -0.645. The minimum absolute atomic E-state index is 0. The van der Waals surface area contributed by atoms with Gasteiger partial charge in [-0.25, -0.2) is 0 Å². The standard InChI is InChI=1S/C6H8O4.ClHO4.Li.H/c7-5-1-2-6(8)10-4-3-9-5;2-1(3,4)5;;/h1-4H2;(H,2,3,4,5);;. The van der Waals surface area contributed by atoms with Crippen molar-refractivity contribution in [2.75, 3.05) is 13.2 Å². The Morgan fingerprint density at radius 3 is 1.50 bits per heavy atom. The zero-order chi connectivity index (χ0) is 11.9. The van der Waals surface area contributed by atoms with Crippen molar-refractivity contribution in [2.45, 2.75) is 12.8 Å². The van der Waals surface area contributed by atoms with Crippen LogP contribution in [0.4, 0.5) is 0 Å². The molecule has 0 radical (unpaired) electrons. The molecule has 0 aromatic heterocycles. The maximum Gasteiger partial charge on any atom is 0.0777 e. The molecule has 1 aliphatic heterocycles. The normalized spacial score (nSPS) is 16.5. The molecule has 0 amide bonds. The number of esters is 2. The Bertz CT molecular complexity index is 203. The van der Waals surface area contributed by atoms with Crippen LogP contribution in [0.25, 0.3) is 0 Å². The summed E-state index contributed by atoms with van der Waals surface area (Å²) in [5.41, 5.74) is 0. The second kappa shape index (κ2) is 8.78. The molecule has 1 rings (SSSR count). The maximum absolute atomic E-state index is 10.6. The molecule has 8 nitrogen and oxygen atoms in total. The van der Waals surface area contributed by atoms with Gasteiger partial charge in [-0.1, -0.05) is 0 Å². The van der Waals surface area contributed by atoms with Crippen LogP contribution in [-0.4, -0.2) is 48.7 Å². The molecular formula is C6H10ClLiO8. The van der Waals surface area contributed by atoms with E-state index in [1.165, 1.54) is 0 Å². The molecule has 0 aliphatic carbocycles. The first kappa shape index (κ1) is 18.0. The van der Waals surface area contributed by atoms with Crippen molar-refractivity contribution in [3.8, 4) is 0 Å². The summed E-state index contributed by atoms with van der Waals surface area (Å²) in [7, 11) is -4.69. The van der Waals surface area contributed by atoms with E-state index in [1.807, 2.05) is 0 Å². The van der Waals surface area contributed by atoms with Crippen molar-refractivity contribution < 1.29 is 47.9 Å². The molecule has 0 aromatic carbocycles. The minimum atomic E-state index is -4.69. The molecule has 1 aliphatic rings. The van der Waals surface area contributed by atoms with E-state index in [9.17, 15) is 9.59 Å². The van der Waals surface area contributed by atoms with Crippen LogP contribution in [0, 0.1) is 10.2 Å². The van der Waals surface area contributed by atoms with Gasteiger partial charge in [0, 0.05) is 0 Å². The van der Waals surface area contributed by atoms with Crippen LogP contribution >= 0.6 is 0 Å². The van der Waals surface area contributed by atoms with Gasteiger partial charge in [0.25, 0.3) is 0 Å². The van der Waals surface area contributed by atoms with Crippen LogP contribution in [0.5, 0.6) is 0 Å². The molecule has 0 atom stereocenters. The summed E-state index contributed by atoms with van der Waals surface area (Å²) in [6, 6.07) is 0. The number of halogens is 1. The van der Waals surface area contributed by atoms with Gasteiger partial charge in [0.1, 0.15) is 13.2 Å². The van der Waals surface area contributed by atoms with Crippen molar-refractivity contribution in [3.05, 3.63) is 0 Å². The number of hydrogen-bond donors (Lipinski definition) is 1. The Morgan fingerprint density at radius 2 is 1.25 bits per heavy atom. The summed E-state index contributed by atoms with van der Waals surface area (Å²) >= 11 is 0. The molecule has 0 unspecified atom stereocenters. The Labute approximate surface area is 105 Å².